The van der Waals surface area contributed by atoms with Crippen LogP contribution in [0.5, 0.6) is 0 Å². The van der Waals surface area contributed by atoms with Crippen molar-refractivity contribution in [2.45, 2.75) is 187 Å². The molecule has 0 bridgehead atoms. The van der Waals surface area contributed by atoms with Gasteiger partial charge in [-0.15, -0.1) is 0 Å². The lowest BCUT2D eigenvalue weighted by atomic mass is 9.85. The maximum absolute atomic E-state index is 13.6. The fourth-order valence-corrected chi connectivity index (χ4v) is 7.68. The second-order valence-corrected chi connectivity index (χ2v) is 17.1. The topological polar surface area (TPSA) is 177 Å². The van der Waals surface area contributed by atoms with Gasteiger partial charge in [0.2, 0.25) is 0 Å². The number of aliphatic hydroxyl groups is 5. The molecule has 0 aromatic heterocycles. The molecule has 0 aromatic carbocycles. The first-order chi connectivity index (χ1) is 24.4. The van der Waals surface area contributed by atoms with Crippen LogP contribution in [-0.2, 0) is 33.2 Å². The summed E-state index contributed by atoms with van der Waals surface area (Å²) in [6.07, 6.45) is -1.90. The summed E-state index contributed by atoms with van der Waals surface area (Å²) in [5.41, 5.74) is -3.57. The Morgan fingerprint density at radius 1 is 1.04 bits per heavy atom. The summed E-state index contributed by atoms with van der Waals surface area (Å²) in [5, 5.41) is 53.2. The van der Waals surface area contributed by atoms with E-state index < -0.39 is 71.5 Å². The monoisotopic (exact) mass is 766 g/mol. The summed E-state index contributed by atoms with van der Waals surface area (Å²) in [5.74, 6) is -0.767. The van der Waals surface area contributed by atoms with E-state index in [1.165, 1.54) is 6.92 Å². The van der Waals surface area contributed by atoms with Gasteiger partial charge in [0, 0.05) is 33.2 Å². The Hall–Kier alpha value is -0.970. The quantitative estimate of drug-likeness (QED) is 0.120. The van der Waals surface area contributed by atoms with Gasteiger partial charge in [-0.1, -0.05) is 41.0 Å². The molecule has 0 amide bonds. The fraction of sp³-hybridized carbons (Fsp3) is 0.975. The van der Waals surface area contributed by atoms with Crippen molar-refractivity contribution < 1.29 is 58.7 Å². The van der Waals surface area contributed by atoms with Gasteiger partial charge in [0.25, 0.3) is 0 Å². The molecule has 2 rings (SSSR count). The number of esters is 1. The van der Waals surface area contributed by atoms with Gasteiger partial charge in [0.15, 0.2) is 6.29 Å². The van der Waals surface area contributed by atoms with Crippen molar-refractivity contribution in [1.29, 1.82) is 0 Å². The third-order valence-electron chi connectivity index (χ3n) is 11.6. The normalized spacial score (nSPS) is 32.8. The van der Waals surface area contributed by atoms with Crippen LogP contribution in [0.4, 0.5) is 0 Å². The van der Waals surface area contributed by atoms with E-state index in [1.807, 2.05) is 53.5 Å². The lowest BCUT2D eigenvalue weighted by molar-refractivity contribution is -0.295. The highest BCUT2D eigenvalue weighted by atomic mass is 16.7. The molecule has 0 aromatic rings. The Balaban J connectivity index is 0.00000135. The summed E-state index contributed by atoms with van der Waals surface area (Å²) < 4.78 is 34.2. The number of carbonyl (C=O) groups is 1. The molecule has 5 N–H and O–H groups in total. The Kier molecular flexibility index (Phi) is 20.9. The van der Waals surface area contributed by atoms with E-state index in [9.17, 15) is 30.3 Å². The summed E-state index contributed by atoms with van der Waals surface area (Å²) >= 11 is 0. The summed E-state index contributed by atoms with van der Waals surface area (Å²) in [4.78, 5) is 15.5. The van der Waals surface area contributed by atoms with Gasteiger partial charge in [-0.3, -0.25) is 4.79 Å². The van der Waals surface area contributed by atoms with Crippen molar-refractivity contribution in [3.63, 3.8) is 0 Å². The molecular formula is C40H79NO12. The summed E-state index contributed by atoms with van der Waals surface area (Å²) in [6, 6.07) is -0.475. The van der Waals surface area contributed by atoms with Crippen LogP contribution in [-0.4, -0.2) is 149 Å². The fourth-order valence-electron chi connectivity index (χ4n) is 7.68. The zero-order valence-corrected chi connectivity index (χ0v) is 35.7. The predicted octanol–water partition coefficient (Wildman–Crippen LogP) is 3.92. The molecule has 2 fully saturated rings. The molecule has 0 radical (unpaired) electrons. The van der Waals surface area contributed by atoms with E-state index in [0.717, 1.165) is 12.8 Å². The van der Waals surface area contributed by atoms with Crippen molar-refractivity contribution in [3.8, 4) is 0 Å². The van der Waals surface area contributed by atoms with Crippen molar-refractivity contribution in [2.24, 2.45) is 23.7 Å². The zero-order chi connectivity index (χ0) is 41.1. The average Bonchev–Trinajstić information content (AvgIpc) is 3.08. The number of ether oxygens (including phenoxy) is 6. The third-order valence-corrected chi connectivity index (χ3v) is 11.6. The molecule has 13 nitrogen and oxygen atoms in total. The van der Waals surface area contributed by atoms with Crippen molar-refractivity contribution in [3.05, 3.63) is 0 Å². The minimum Gasteiger partial charge on any atom is -0.459 e. The zero-order valence-electron chi connectivity index (χ0n) is 35.7. The van der Waals surface area contributed by atoms with Gasteiger partial charge in [-0.2, -0.15) is 0 Å². The Labute approximate surface area is 321 Å². The molecular weight excluding hydrogens is 686 g/mol. The smallest absolute Gasteiger partial charge is 0.311 e. The molecule has 2 saturated heterocycles. The second-order valence-electron chi connectivity index (χ2n) is 17.1. The van der Waals surface area contributed by atoms with E-state index in [1.54, 1.807) is 41.9 Å². The van der Waals surface area contributed by atoms with Gasteiger partial charge in [-0.25, -0.2) is 0 Å². The van der Waals surface area contributed by atoms with Gasteiger partial charge < -0.3 is 58.9 Å². The van der Waals surface area contributed by atoms with Crippen LogP contribution in [0, 0.1) is 23.7 Å². The molecule has 53 heavy (non-hydrogen) atoms. The highest BCUT2D eigenvalue weighted by Gasteiger charge is 2.48. The van der Waals surface area contributed by atoms with Crippen molar-refractivity contribution in [1.82, 2.24) is 4.90 Å². The van der Waals surface area contributed by atoms with Crippen LogP contribution in [0.25, 0.3) is 0 Å². The number of aliphatic hydroxyl groups excluding tert-OH is 3. The number of rotatable bonds is 19. The number of hydrogen-bond acceptors (Lipinski definition) is 13. The van der Waals surface area contributed by atoms with E-state index in [-0.39, 0.29) is 37.4 Å². The molecule has 316 valence electrons. The molecule has 16 atom stereocenters. The highest BCUT2D eigenvalue weighted by Crippen LogP contribution is 2.35. The molecule has 2 aliphatic rings. The number of methoxy groups -OCH3 is 2. The second kappa shape index (κ2) is 22.1. The van der Waals surface area contributed by atoms with Crippen molar-refractivity contribution >= 4 is 5.97 Å². The highest BCUT2D eigenvalue weighted by molar-refractivity contribution is 5.73. The van der Waals surface area contributed by atoms with Crippen molar-refractivity contribution in [2.75, 3.05) is 41.0 Å². The molecule has 0 saturated carbocycles. The predicted molar refractivity (Wildman–Crippen MR) is 204 cm³/mol. The van der Waals surface area contributed by atoms with Gasteiger partial charge in [0.1, 0.15) is 23.9 Å². The van der Waals surface area contributed by atoms with E-state index in [2.05, 4.69) is 6.92 Å². The maximum Gasteiger partial charge on any atom is 0.311 e. The first-order valence-corrected chi connectivity index (χ1v) is 19.8. The molecule has 0 spiro atoms. The molecule has 0 aliphatic carbocycles. The SMILES string of the molecule is CC1C[C@@H](C)OC[C@@H]1O.CC[C@@H](C)[C@H](O[C@H]1C[C@@](C)(OC)[C@@H](O)C(C)O1)C(C)C(=O)O[C@H](CC)[C@@](C)(O)C(O)C(C)N(C)C[C@H](C)C[C@@](C)(O)COC. The van der Waals surface area contributed by atoms with Crippen LogP contribution in [0.1, 0.15) is 115 Å². The average molecular weight is 766 g/mol. The first-order valence-electron chi connectivity index (χ1n) is 19.8. The van der Waals surface area contributed by atoms with Crippen LogP contribution >= 0.6 is 0 Å². The largest absolute Gasteiger partial charge is 0.459 e. The van der Waals surface area contributed by atoms with Crippen LogP contribution < -0.4 is 0 Å². The minimum absolute atomic E-state index is 0.0244. The molecule has 2 heterocycles. The van der Waals surface area contributed by atoms with E-state index in [0.29, 0.717) is 31.6 Å². The summed E-state index contributed by atoms with van der Waals surface area (Å²) in [7, 11) is 4.95. The first kappa shape index (κ1) is 50.0. The Bertz CT molecular complexity index is 1050. The third kappa shape index (κ3) is 14.8. The standard InChI is InChI=1S/C33H65NO10.C7H14O2/c1-14-21(4)27(44-26-17-32(9,41-13)29(36)24(7)42-26)22(5)30(37)43-25(15-2)33(10,39)28(35)23(6)34(11)18-20(3)16-31(8,38)19-40-12;1-5-3-6(2)9-4-7(5)8/h20-29,35-36,38-39H,14-19H2,1-13H3;5-8H,3-4H2,1-2H3/t20-,21-,22?,23?,24?,25-,26+,27+,28?,29+,31-,32-,33-;5?,6-,7+/m11/s1. The number of carbonyl (C=O) groups excluding carboxylic acids is 1. The van der Waals surface area contributed by atoms with Crippen LogP contribution in [0.3, 0.4) is 0 Å². The van der Waals surface area contributed by atoms with E-state index in [4.69, 9.17) is 28.4 Å². The Morgan fingerprint density at radius 2 is 1.64 bits per heavy atom. The van der Waals surface area contributed by atoms with E-state index >= 15 is 0 Å². The van der Waals surface area contributed by atoms with Gasteiger partial charge in [0.05, 0.1) is 54.7 Å². The van der Waals surface area contributed by atoms with Gasteiger partial charge >= 0.3 is 5.97 Å². The number of likely N-dealkylation sites (N-methyl/N-ethyl adjacent to an activating group) is 1. The molecule has 13 heteroatoms. The van der Waals surface area contributed by atoms with Crippen LogP contribution in [0.2, 0.25) is 0 Å². The van der Waals surface area contributed by atoms with Gasteiger partial charge in [-0.05, 0) is 92.5 Å². The summed E-state index contributed by atoms with van der Waals surface area (Å²) in [6.45, 7) is 23.6. The molecule has 2 aliphatic heterocycles. The number of nitrogens with zero attached hydrogens (tertiary/aromatic N) is 1. The molecule has 5 unspecified atom stereocenters. The van der Waals surface area contributed by atoms with Crippen LogP contribution in [0.15, 0.2) is 0 Å². The Morgan fingerprint density at radius 3 is 2.13 bits per heavy atom. The minimum atomic E-state index is -1.74. The maximum atomic E-state index is 13.6. The lowest BCUT2D eigenvalue weighted by Gasteiger charge is -2.45. The number of hydrogen-bond donors (Lipinski definition) is 5. The lowest BCUT2D eigenvalue weighted by Crippen LogP contribution is -2.59.